The van der Waals surface area contributed by atoms with E-state index in [0.29, 0.717) is 23.8 Å². The van der Waals surface area contributed by atoms with Gasteiger partial charge in [0.05, 0.1) is 0 Å². The van der Waals surface area contributed by atoms with Crippen molar-refractivity contribution in [2.45, 2.75) is 38.2 Å². The molecule has 3 heterocycles. The number of amides is 1. The lowest BCUT2D eigenvalue weighted by molar-refractivity contribution is 0.0590. The van der Waals surface area contributed by atoms with Gasteiger partial charge in [-0.1, -0.05) is 11.6 Å². The molecule has 2 fully saturated rings. The van der Waals surface area contributed by atoms with Gasteiger partial charge in [0.25, 0.3) is 5.91 Å². The SMILES string of the molecule is O=C(c1cc(N2CCCCC2)ncn1)N1CCC(Oc2ccc(Cl)cc2)CC1. The van der Waals surface area contributed by atoms with Gasteiger partial charge in [-0.3, -0.25) is 4.79 Å². The normalized spacial score (nSPS) is 18.2. The molecule has 1 aromatic heterocycles. The summed E-state index contributed by atoms with van der Waals surface area (Å²) in [5.74, 6) is 1.65. The van der Waals surface area contributed by atoms with Crippen LogP contribution in [0.4, 0.5) is 5.82 Å². The summed E-state index contributed by atoms with van der Waals surface area (Å²) in [6.45, 7) is 3.33. The molecule has 1 amide bonds. The van der Waals surface area contributed by atoms with Crippen molar-refractivity contribution in [3.8, 4) is 5.75 Å². The van der Waals surface area contributed by atoms with Crippen LogP contribution in [0.2, 0.25) is 5.02 Å². The molecule has 0 spiro atoms. The lowest BCUT2D eigenvalue weighted by atomic mass is 10.1. The molecule has 2 saturated heterocycles. The number of carbonyl (C=O) groups excluding carboxylic acids is 1. The van der Waals surface area contributed by atoms with Crippen molar-refractivity contribution < 1.29 is 9.53 Å². The highest BCUT2D eigenvalue weighted by Crippen LogP contribution is 2.23. The summed E-state index contributed by atoms with van der Waals surface area (Å²) in [7, 11) is 0. The Bertz CT molecular complexity index is 800. The van der Waals surface area contributed by atoms with Crippen molar-refractivity contribution in [2.75, 3.05) is 31.1 Å². The molecule has 28 heavy (non-hydrogen) atoms. The fourth-order valence-electron chi connectivity index (χ4n) is 3.80. The topological polar surface area (TPSA) is 58.6 Å². The number of hydrogen-bond acceptors (Lipinski definition) is 5. The minimum absolute atomic E-state index is 0.0226. The lowest BCUT2D eigenvalue weighted by Crippen LogP contribution is -2.42. The van der Waals surface area contributed by atoms with Gasteiger partial charge >= 0.3 is 0 Å². The minimum Gasteiger partial charge on any atom is -0.490 e. The highest BCUT2D eigenvalue weighted by Gasteiger charge is 2.26. The molecule has 4 rings (SSSR count). The number of piperidine rings is 2. The fourth-order valence-corrected chi connectivity index (χ4v) is 3.93. The Labute approximate surface area is 170 Å². The van der Waals surface area contributed by atoms with Crippen molar-refractivity contribution in [2.24, 2.45) is 0 Å². The molecule has 2 aliphatic heterocycles. The monoisotopic (exact) mass is 400 g/mol. The van der Waals surface area contributed by atoms with Gasteiger partial charge in [0, 0.05) is 50.1 Å². The number of nitrogens with zero attached hydrogens (tertiary/aromatic N) is 4. The van der Waals surface area contributed by atoms with Gasteiger partial charge in [-0.25, -0.2) is 9.97 Å². The van der Waals surface area contributed by atoms with Crippen LogP contribution in [0.25, 0.3) is 0 Å². The number of rotatable bonds is 4. The first-order chi connectivity index (χ1) is 13.7. The Morgan fingerprint density at radius 2 is 1.71 bits per heavy atom. The second-order valence-corrected chi connectivity index (χ2v) is 7.81. The zero-order chi connectivity index (χ0) is 19.3. The smallest absolute Gasteiger partial charge is 0.272 e. The van der Waals surface area contributed by atoms with Crippen LogP contribution in [0, 0.1) is 0 Å². The van der Waals surface area contributed by atoms with Crippen LogP contribution in [0.5, 0.6) is 5.75 Å². The van der Waals surface area contributed by atoms with E-state index in [1.54, 1.807) is 0 Å². The van der Waals surface area contributed by atoms with Crippen LogP contribution in [0.3, 0.4) is 0 Å². The van der Waals surface area contributed by atoms with Crippen molar-refractivity contribution in [3.63, 3.8) is 0 Å². The number of ether oxygens (including phenoxy) is 1. The predicted octanol–water partition coefficient (Wildman–Crippen LogP) is 3.80. The summed E-state index contributed by atoms with van der Waals surface area (Å²) in [6, 6.07) is 9.24. The first-order valence-corrected chi connectivity index (χ1v) is 10.4. The van der Waals surface area contributed by atoms with Crippen LogP contribution in [0.1, 0.15) is 42.6 Å². The van der Waals surface area contributed by atoms with E-state index in [2.05, 4.69) is 14.9 Å². The van der Waals surface area contributed by atoms with E-state index in [1.165, 1.54) is 25.6 Å². The molecule has 0 N–H and O–H groups in total. The van der Waals surface area contributed by atoms with Gasteiger partial charge in [-0.2, -0.15) is 0 Å². The minimum atomic E-state index is -0.0226. The van der Waals surface area contributed by atoms with Crippen LogP contribution in [-0.2, 0) is 0 Å². The number of carbonyl (C=O) groups is 1. The van der Waals surface area contributed by atoms with Crippen LogP contribution in [-0.4, -0.2) is 53.1 Å². The average Bonchev–Trinajstić information content (AvgIpc) is 2.76. The van der Waals surface area contributed by atoms with Gasteiger partial charge < -0.3 is 14.5 Å². The number of hydrogen-bond donors (Lipinski definition) is 0. The summed E-state index contributed by atoms with van der Waals surface area (Å²) in [6.07, 6.45) is 6.84. The van der Waals surface area contributed by atoms with E-state index in [9.17, 15) is 4.79 Å². The summed E-state index contributed by atoms with van der Waals surface area (Å²) < 4.78 is 6.01. The molecule has 6 nitrogen and oxygen atoms in total. The van der Waals surface area contributed by atoms with E-state index < -0.39 is 0 Å². The van der Waals surface area contributed by atoms with Crippen LogP contribution >= 0.6 is 11.6 Å². The van der Waals surface area contributed by atoms with Crippen molar-refractivity contribution in [1.82, 2.24) is 14.9 Å². The first kappa shape index (κ1) is 19.0. The molecule has 1 aromatic carbocycles. The summed E-state index contributed by atoms with van der Waals surface area (Å²) in [5, 5.41) is 0.696. The molecule has 2 aliphatic rings. The highest BCUT2D eigenvalue weighted by atomic mass is 35.5. The Balaban J connectivity index is 1.34. The zero-order valence-corrected chi connectivity index (χ0v) is 16.6. The number of benzene rings is 1. The summed E-state index contributed by atoms with van der Waals surface area (Å²) in [4.78, 5) is 25.6. The van der Waals surface area contributed by atoms with E-state index in [4.69, 9.17) is 16.3 Å². The molecule has 0 bridgehead atoms. The Morgan fingerprint density at radius 1 is 1.00 bits per heavy atom. The highest BCUT2D eigenvalue weighted by molar-refractivity contribution is 6.30. The molecule has 0 atom stereocenters. The van der Waals surface area contributed by atoms with E-state index in [1.807, 2.05) is 35.2 Å². The van der Waals surface area contributed by atoms with Crippen LogP contribution in [0.15, 0.2) is 36.7 Å². The predicted molar refractivity (Wildman–Crippen MR) is 109 cm³/mol. The first-order valence-electron chi connectivity index (χ1n) is 9.97. The number of anilines is 1. The Hall–Kier alpha value is -2.34. The van der Waals surface area contributed by atoms with Gasteiger partial charge in [0.2, 0.25) is 0 Å². The molecule has 0 unspecified atom stereocenters. The quantitative estimate of drug-likeness (QED) is 0.781. The maximum atomic E-state index is 12.9. The Morgan fingerprint density at radius 3 is 2.43 bits per heavy atom. The third-order valence-corrected chi connectivity index (χ3v) is 5.65. The number of halogens is 1. The van der Waals surface area contributed by atoms with Gasteiger partial charge in [-0.15, -0.1) is 0 Å². The summed E-state index contributed by atoms with van der Waals surface area (Å²) in [5.41, 5.74) is 0.479. The molecular weight excluding hydrogens is 376 g/mol. The number of aromatic nitrogens is 2. The second-order valence-electron chi connectivity index (χ2n) is 7.37. The molecule has 0 saturated carbocycles. The average molecular weight is 401 g/mol. The third-order valence-electron chi connectivity index (χ3n) is 5.40. The summed E-state index contributed by atoms with van der Waals surface area (Å²) >= 11 is 5.91. The Kier molecular flexibility index (Phi) is 5.95. The number of likely N-dealkylation sites (tertiary alicyclic amines) is 1. The molecule has 0 radical (unpaired) electrons. The maximum absolute atomic E-state index is 12.9. The zero-order valence-electron chi connectivity index (χ0n) is 15.9. The molecular formula is C21H25ClN4O2. The third kappa shape index (κ3) is 4.55. The van der Waals surface area contributed by atoms with Gasteiger partial charge in [0.15, 0.2) is 0 Å². The molecule has 148 valence electrons. The fraction of sp³-hybridized carbons (Fsp3) is 0.476. The maximum Gasteiger partial charge on any atom is 0.272 e. The van der Waals surface area contributed by atoms with Crippen LogP contribution < -0.4 is 9.64 Å². The molecule has 0 aliphatic carbocycles. The standard InChI is InChI=1S/C21H25ClN4O2/c22-16-4-6-17(7-5-16)28-18-8-12-26(13-9-18)21(27)19-14-20(24-15-23-19)25-10-2-1-3-11-25/h4-7,14-15,18H,1-3,8-13H2. The molecule has 7 heteroatoms. The van der Waals surface area contributed by atoms with E-state index in [-0.39, 0.29) is 12.0 Å². The van der Waals surface area contributed by atoms with Gasteiger partial charge in [0.1, 0.15) is 29.7 Å². The second kappa shape index (κ2) is 8.78. The van der Waals surface area contributed by atoms with Crippen molar-refractivity contribution >= 4 is 23.3 Å². The van der Waals surface area contributed by atoms with Gasteiger partial charge in [-0.05, 0) is 43.5 Å². The lowest BCUT2D eigenvalue weighted by Gasteiger charge is -2.32. The van der Waals surface area contributed by atoms with E-state index in [0.717, 1.165) is 37.5 Å². The molecule has 2 aromatic rings. The van der Waals surface area contributed by atoms with E-state index >= 15 is 0 Å². The van der Waals surface area contributed by atoms with Crippen molar-refractivity contribution in [3.05, 3.63) is 47.4 Å². The van der Waals surface area contributed by atoms with Crippen molar-refractivity contribution in [1.29, 1.82) is 0 Å². The largest absolute Gasteiger partial charge is 0.490 e.